The maximum absolute atomic E-state index is 12.6. The van der Waals surface area contributed by atoms with E-state index in [4.69, 9.17) is 5.11 Å². The third-order valence-electron chi connectivity index (χ3n) is 6.54. The molecular weight excluding hydrogens is 573 g/mol. The minimum Gasteiger partial charge on any atom is -0.477 e. The van der Waals surface area contributed by atoms with Crippen LogP contribution in [0.1, 0.15) is 37.7 Å². The number of aliphatic hydroxyl groups is 1. The van der Waals surface area contributed by atoms with Gasteiger partial charge in [-0.1, -0.05) is 54.3 Å². The average molecular weight is 601 g/mol. The monoisotopic (exact) mass is 600 g/mol. The van der Waals surface area contributed by atoms with E-state index in [-0.39, 0.29) is 10.1 Å². The molecular formula is C32H28N2O4S3. The van der Waals surface area contributed by atoms with Crippen molar-refractivity contribution in [3.63, 3.8) is 0 Å². The van der Waals surface area contributed by atoms with Gasteiger partial charge in [0.2, 0.25) is 0 Å². The van der Waals surface area contributed by atoms with Crippen molar-refractivity contribution >= 4 is 45.6 Å². The van der Waals surface area contributed by atoms with Crippen molar-refractivity contribution in [2.24, 2.45) is 0 Å². The fourth-order valence-corrected chi connectivity index (χ4v) is 6.73. The number of benzene rings is 2. The molecule has 208 valence electrons. The summed E-state index contributed by atoms with van der Waals surface area (Å²) in [4.78, 5) is 25.0. The van der Waals surface area contributed by atoms with E-state index in [0.717, 1.165) is 44.5 Å². The molecule has 0 radical (unpaired) electrons. The summed E-state index contributed by atoms with van der Waals surface area (Å²) in [6.45, 7) is 0.914. The Morgan fingerprint density at radius 3 is 2.63 bits per heavy atom. The van der Waals surface area contributed by atoms with Crippen molar-refractivity contribution in [3.05, 3.63) is 116 Å². The highest BCUT2D eigenvalue weighted by atomic mass is 32.2. The second kappa shape index (κ2) is 13.7. The molecule has 1 aliphatic heterocycles. The lowest BCUT2D eigenvalue weighted by Crippen LogP contribution is -2.45. The Morgan fingerprint density at radius 2 is 1.83 bits per heavy atom. The van der Waals surface area contributed by atoms with Crippen molar-refractivity contribution in [1.82, 2.24) is 10.0 Å². The van der Waals surface area contributed by atoms with Gasteiger partial charge in [0.15, 0.2) is 0 Å². The molecule has 4 aromatic rings. The van der Waals surface area contributed by atoms with E-state index in [9.17, 15) is 14.7 Å². The Hall–Kier alpha value is -3.81. The quantitative estimate of drug-likeness (QED) is 0.192. The number of hydrazine groups is 1. The van der Waals surface area contributed by atoms with Gasteiger partial charge in [-0.3, -0.25) is 9.80 Å². The molecule has 2 aromatic carbocycles. The molecule has 6 nitrogen and oxygen atoms in total. The van der Waals surface area contributed by atoms with E-state index < -0.39 is 12.1 Å². The molecule has 0 fully saturated rings. The number of thiophene rings is 2. The predicted octanol–water partition coefficient (Wildman–Crippen LogP) is 6.97. The zero-order valence-electron chi connectivity index (χ0n) is 22.1. The number of carboxylic acids is 1. The standard InChI is InChI=1S/C32H28N2O4S3/c35-27(13-15-33-17-18-40-32(38)34(33)16-14-28-11-12-30(41-28)31(36)37)20-24-6-4-5-23(19-24)9-10-26-21-39-22-29(26)25-7-2-1-3-8-25/h1-8,11-12,17-19,21-22,27,35H,13-16,20H2,(H,36,37). The summed E-state index contributed by atoms with van der Waals surface area (Å²) in [6.07, 6.45) is 2.78. The van der Waals surface area contributed by atoms with Gasteiger partial charge in [-0.25, -0.2) is 9.80 Å². The minimum atomic E-state index is -0.943. The summed E-state index contributed by atoms with van der Waals surface area (Å²) >= 11 is 3.98. The normalized spacial score (nSPS) is 13.6. The largest absolute Gasteiger partial charge is 0.477 e. The van der Waals surface area contributed by atoms with E-state index >= 15 is 0 Å². The number of nitrogens with zero attached hydrogens (tertiary/aromatic N) is 2. The first-order chi connectivity index (χ1) is 20.0. The van der Waals surface area contributed by atoms with Gasteiger partial charge < -0.3 is 10.2 Å². The smallest absolute Gasteiger partial charge is 0.345 e. The van der Waals surface area contributed by atoms with Crippen LogP contribution in [0.5, 0.6) is 0 Å². The highest BCUT2D eigenvalue weighted by molar-refractivity contribution is 8.16. The van der Waals surface area contributed by atoms with Crippen LogP contribution in [-0.2, 0) is 12.8 Å². The number of carbonyl (C=O) groups excluding carboxylic acids is 1. The van der Waals surface area contributed by atoms with Crippen molar-refractivity contribution in [1.29, 1.82) is 0 Å². The molecule has 41 heavy (non-hydrogen) atoms. The van der Waals surface area contributed by atoms with Gasteiger partial charge in [0.05, 0.1) is 6.10 Å². The lowest BCUT2D eigenvalue weighted by atomic mass is 10.0. The Bertz CT molecular complexity index is 1600. The van der Waals surface area contributed by atoms with Crippen molar-refractivity contribution in [2.45, 2.75) is 25.4 Å². The predicted molar refractivity (Wildman–Crippen MR) is 167 cm³/mol. The summed E-state index contributed by atoms with van der Waals surface area (Å²) < 4.78 is 0. The molecule has 2 aromatic heterocycles. The van der Waals surface area contributed by atoms with Crippen molar-refractivity contribution in [2.75, 3.05) is 13.1 Å². The lowest BCUT2D eigenvalue weighted by Gasteiger charge is -2.36. The minimum absolute atomic E-state index is 0.0932. The number of aromatic carboxylic acids is 1. The highest BCUT2D eigenvalue weighted by Crippen LogP contribution is 2.27. The number of hydrogen-bond donors (Lipinski definition) is 2. The van der Waals surface area contributed by atoms with Crippen LogP contribution >= 0.6 is 34.4 Å². The second-order valence-corrected chi connectivity index (χ2v) is 12.2. The summed E-state index contributed by atoms with van der Waals surface area (Å²) in [5.74, 6) is 5.65. The van der Waals surface area contributed by atoms with Crippen LogP contribution in [0.4, 0.5) is 4.79 Å². The van der Waals surface area contributed by atoms with Crippen LogP contribution in [0.15, 0.2) is 89.1 Å². The van der Waals surface area contributed by atoms with E-state index in [2.05, 4.69) is 34.7 Å². The zero-order chi connectivity index (χ0) is 28.6. The topological polar surface area (TPSA) is 81.1 Å². The Balaban J connectivity index is 1.17. The van der Waals surface area contributed by atoms with Gasteiger partial charge in [-0.2, -0.15) is 11.3 Å². The SMILES string of the molecule is O=C(O)c1ccc(CCN2C(=O)SC=CN2CCC(O)Cc2cccc(C#Cc3cscc3-c3ccccc3)c2)s1. The van der Waals surface area contributed by atoms with Crippen LogP contribution in [0, 0.1) is 11.8 Å². The Kier molecular flexibility index (Phi) is 9.59. The van der Waals surface area contributed by atoms with E-state index in [1.165, 1.54) is 11.3 Å². The number of carbonyl (C=O) groups is 2. The first-order valence-corrected chi connectivity index (χ1v) is 15.7. The number of carboxylic acid groups (broad SMARTS) is 1. The Labute approximate surface area is 251 Å². The molecule has 1 aliphatic rings. The number of aliphatic hydroxyl groups excluding tert-OH is 1. The molecule has 5 rings (SSSR count). The third-order valence-corrected chi connectivity index (χ3v) is 9.09. The molecule has 3 heterocycles. The summed E-state index contributed by atoms with van der Waals surface area (Å²) in [6, 6.07) is 21.6. The summed E-state index contributed by atoms with van der Waals surface area (Å²) in [5, 5.41) is 29.3. The van der Waals surface area contributed by atoms with Crippen molar-refractivity contribution < 1.29 is 19.8 Å². The van der Waals surface area contributed by atoms with Gasteiger partial charge in [0.1, 0.15) is 4.88 Å². The second-order valence-electron chi connectivity index (χ2n) is 9.44. The van der Waals surface area contributed by atoms with Gasteiger partial charge in [0.25, 0.3) is 0 Å². The van der Waals surface area contributed by atoms with Crippen LogP contribution in [0.25, 0.3) is 11.1 Å². The molecule has 0 aliphatic carbocycles. The first kappa shape index (κ1) is 28.7. The molecule has 0 saturated carbocycles. The molecule has 9 heteroatoms. The third kappa shape index (κ3) is 7.69. The van der Waals surface area contributed by atoms with Crippen LogP contribution in [0.3, 0.4) is 0 Å². The number of hydrogen-bond acceptors (Lipinski definition) is 7. The maximum atomic E-state index is 12.6. The zero-order valence-corrected chi connectivity index (χ0v) is 24.6. The van der Waals surface area contributed by atoms with Gasteiger partial charge in [-0.05, 0) is 70.8 Å². The molecule has 0 saturated heterocycles. The first-order valence-electron chi connectivity index (χ1n) is 13.1. The fourth-order valence-electron chi connectivity index (χ4n) is 4.47. The van der Waals surface area contributed by atoms with Crippen molar-refractivity contribution in [3.8, 4) is 23.0 Å². The van der Waals surface area contributed by atoms with E-state index in [1.807, 2.05) is 53.7 Å². The molecule has 0 bridgehead atoms. The molecule has 1 amide bonds. The Morgan fingerprint density at radius 1 is 0.976 bits per heavy atom. The number of rotatable bonds is 10. The van der Waals surface area contributed by atoms with E-state index in [1.54, 1.807) is 33.9 Å². The average Bonchev–Trinajstić information content (AvgIpc) is 3.65. The fraction of sp³-hybridized carbons (Fsp3) is 0.188. The van der Waals surface area contributed by atoms with Crippen LogP contribution in [0.2, 0.25) is 0 Å². The van der Waals surface area contributed by atoms with Crippen LogP contribution < -0.4 is 0 Å². The highest BCUT2D eigenvalue weighted by Gasteiger charge is 2.23. The molecule has 1 unspecified atom stereocenters. The number of thioether (sulfide) groups is 1. The maximum Gasteiger partial charge on any atom is 0.345 e. The molecule has 2 N–H and O–H groups in total. The van der Waals surface area contributed by atoms with E-state index in [0.29, 0.717) is 32.4 Å². The molecule has 1 atom stereocenters. The molecule has 0 spiro atoms. The summed E-state index contributed by atoms with van der Waals surface area (Å²) in [7, 11) is 0. The van der Waals surface area contributed by atoms with Gasteiger partial charge >= 0.3 is 11.2 Å². The number of amides is 1. The lowest BCUT2D eigenvalue weighted by molar-refractivity contribution is 0.0548. The van der Waals surface area contributed by atoms with Crippen LogP contribution in [-0.4, -0.2) is 50.6 Å². The van der Waals surface area contributed by atoms with Gasteiger partial charge in [0, 0.05) is 52.7 Å². The van der Waals surface area contributed by atoms with Gasteiger partial charge in [-0.15, -0.1) is 11.3 Å². The summed E-state index contributed by atoms with van der Waals surface area (Å²) in [5.41, 5.74) is 5.18.